The van der Waals surface area contributed by atoms with Gasteiger partial charge < -0.3 is 10.2 Å². The van der Waals surface area contributed by atoms with E-state index in [1.165, 1.54) is 19.3 Å². The maximum absolute atomic E-state index is 12.1. The Balaban J connectivity index is 1.45. The Bertz CT molecular complexity index is 887. The van der Waals surface area contributed by atoms with Gasteiger partial charge in [-0.05, 0) is 43.5 Å². The Morgan fingerprint density at radius 3 is 2.77 bits per heavy atom. The monoisotopic (exact) mass is 351 g/mol. The summed E-state index contributed by atoms with van der Waals surface area (Å²) in [5.74, 6) is 2.08. The van der Waals surface area contributed by atoms with Crippen molar-refractivity contribution in [3.63, 3.8) is 0 Å². The molecule has 0 unspecified atom stereocenters. The van der Waals surface area contributed by atoms with E-state index in [0.29, 0.717) is 30.1 Å². The third-order valence-corrected chi connectivity index (χ3v) is 4.50. The number of nitrogens with zero attached hydrogens (tertiary/aromatic N) is 6. The zero-order chi connectivity index (χ0) is 17.8. The standard InChI is InChI=1S/C18H21N7O/c26-18(20-14-6-2-3-11-19-14)10-9-16-22-21-15-7-8-17(23-25(15)16)24-12-4-1-5-13-24/h2-3,6-8,11H,1,4-5,9-10,12-13H2,(H,19,20,26). The van der Waals surface area contributed by atoms with Gasteiger partial charge in [-0.1, -0.05) is 6.07 Å². The fraction of sp³-hybridized carbons (Fsp3) is 0.389. The number of hydrogen-bond acceptors (Lipinski definition) is 6. The number of carbonyl (C=O) groups is 1. The van der Waals surface area contributed by atoms with Crippen molar-refractivity contribution in [2.24, 2.45) is 0 Å². The van der Waals surface area contributed by atoms with Crippen LogP contribution in [0.25, 0.3) is 5.65 Å². The summed E-state index contributed by atoms with van der Waals surface area (Å²) in [6, 6.07) is 9.33. The molecule has 4 rings (SSSR count). The van der Waals surface area contributed by atoms with Crippen molar-refractivity contribution in [1.29, 1.82) is 0 Å². The largest absolute Gasteiger partial charge is 0.355 e. The van der Waals surface area contributed by atoms with Crippen LogP contribution in [-0.4, -0.2) is 43.8 Å². The number of pyridine rings is 1. The third kappa shape index (κ3) is 3.63. The van der Waals surface area contributed by atoms with Crippen molar-refractivity contribution >= 4 is 23.2 Å². The van der Waals surface area contributed by atoms with Crippen LogP contribution in [0.5, 0.6) is 0 Å². The molecule has 134 valence electrons. The number of carbonyl (C=O) groups excluding carboxylic acids is 1. The number of fused-ring (bicyclic) bond motifs is 1. The highest BCUT2D eigenvalue weighted by Gasteiger charge is 2.15. The second kappa shape index (κ2) is 7.47. The first-order valence-electron chi connectivity index (χ1n) is 8.97. The molecule has 0 saturated carbocycles. The van der Waals surface area contributed by atoms with Crippen LogP contribution in [0, 0.1) is 0 Å². The number of nitrogens with one attached hydrogen (secondary N) is 1. The van der Waals surface area contributed by atoms with E-state index in [0.717, 1.165) is 18.9 Å². The summed E-state index contributed by atoms with van der Waals surface area (Å²) in [7, 11) is 0. The van der Waals surface area contributed by atoms with Crippen molar-refractivity contribution in [2.45, 2.75) is 32.1 Å². The van der Waals surface area contributed by atoms with Gasteiger partial charge in [-0.3, -0.25) is 4.79 Å². The summed E-state index contributed by atoms with van der Waals surface area (Å²) >= 11 is 0. The minimum absolute atomic E-state index is 0.104. The molecule has 0 aliphatic carbocycles. The molecule has 4 heterocycles. The number of hydrogen-bond donors (Lipinski definition) is 1. The summed E-state index contributed by atoms with van der Waals surface area (Å²) in [6.45, 7) is 2.06. The van der Waals surface area contributed by atoms with E-state index in [1.807, 2.05) is 24.3 Å². The van der Waals surface area contributed by atoms with Crippen LogP contribution in [0.15, 0.2) is 36.5 Å². The van der Waals surface area contributed by atoms with Gasteiger partial charge in [0.25, 0.3) is 0 Å². The Kier molecular flexibility index (Phi) is 4.72. The van der Waals surface area contributed by atoms with Crippen LogP contribution in [0.4, 0.5) is 11.6 Å². The molecule has 0 atom stereocenters. The molecule has 1 N–H and O–H groups in total. The molecule has 0 spiro atoms. The minimum Gasteiger partial charge on any atom is -0.355 e. The van der Waals surface area contributed by atoms with Crippen LogP contribution in [-0.2, 0) is 11.2 Å². The lowest BCUT2D eigenvalue weighted by molar-refractivity contribution is -0.116. The Labute approximate surface area is 151 Å². The van der Waals surface area contributed by atoms with E-state index in [2.05, 4.69) is 25.4 Å². The smallest absolute Gasteiger partial charge is 0.225 e. The lowest BCUT2D eigenvalue weighted by atomic mass is 10.1. The number of anilines is 2. The topological polar surface area (TPSA) is 88.3 Å². The molecule has 0 aromatic carbocycles. The van der Waals surface area contributed by atoms with E-state index in [1.54, 1.807) is 16.8 Å². The molecule has 3 aromatic heterocycles. The molecule has 1 saturated heterocycles. The molecule has 0 radical (unpaired) electrons. The molecule has 8 heteroatoms. The van der Waals surface area contributed by atoms with Gasteiger partial charge in [0, 0.05) is 32.1 Å². The third-order valence-electron chi connectivity index (χ3n) is 4.50. The maximum Gasteiger partial charge on any atom is 0.225 e. The molecule has 1 amide bonds. The number of aromatic nitrogens is 5. The summed E-state index contributed by atoms with van der Waals surface area (Å²) < 4.78 is 1.75. The van der Waals surface area contributed by atoms with Crippen LogP contribution in [0.2, 0.25) is 0 Å². The van der Waals surface area contributed by atoms with E-state index >= 15 is 0 Å². The van der Waals surface area contributed by atoms with Gasteiger partial charge in [0.15, 0.2) is 11.5 Å². The highest BCUT2D eigenvalue weighted by atomic mass is 16.1. The summed E-state index contributed by atoms with van der Waals surface area (Å²) in [6.07, 6.45) is 6.09. The maximum atomic E-state index is 12.1. The normalized spacial score (nSPS) is 14.5. The van der Waals surface area contributed by atoms with Crippen LogP contribution in [0.1, 0.15) is 31.5 Å². The number of aryl methyl sites for hydroxylation is 1. The molecule has 8 nitrogen and oxygen atoms in total. The molecular weight excluding hydrogens is 330 g/mol. The van der Waals surface area contributed by atoms with Gasteiger partial charge in [-0.25, -0.2) is 4.98 Å². The Morgan fingerprint density at radius 1 is 1.08 bits per heavy atom. The number of amides is 1. The van der Waals surface area contributed by atoms with Crippen molar-refractivity contribution in [1.82, 2.24) is 24.8 Å². The molecule has 26 heavy (non-hydrogen) atoms. The average molecular weight is 351 g/mol. The first kappa shape index (κ1) is 16.4. The lowest BCUT2D eigenvalue weighted by Crippen LogP contribution is -2.30. The fourth-order valence-electron chi connectivity index (χ4n) is 3.14. The summed E-state index contributed by atoms with van der Waals surface area (Å²) in [5, 5.41) is 15.8. The van der Waals surface area contributed by atoms with E-state index in [9.17, 15) is 4.79 Å². The number of rotatable bonds is 5. The predicted octanol–water partition coefficient (Wildman–Crippen LogP) is 2.08. The van der Waals surface area contributed by atoms with Crippen LogP contribution >= 0.6 is 0 Å². The number of piperidine rings is 1. The second-order valence-electron chi connectivity index (χ2n) is 6.39. The van der Waals surface area contributed by atoms with Crippen molar-refractivity contribution in [2.75, 3.05) is 23.3 Å². The van der Waals surface area contributed by atoms with E-state index in [4.69, 9.17) is 5.10 Å². The predicted molar refractivity (Wildman–Crippen MR) is 98.0 cm³/mol. The highest BCUT2D eigenvalue weighted by molar-refractivity contribution is 5.89. The van der Waals surface area contributed by atoms with Crippen molar-refractivity contribution in [3.8, 4) is 0 Å². The summed E-state index contributed by atoms with van der Waals surface area (Å²) in [4.78, 5) is 18.5. The molecule has 1 aliphatic rings. The van der Waals surface area contributed by atoms with Crippen LogP contribution in [0.3, 0.4) is 0 Å². The van der Waals surface area contributed by atoms with Crippen LogP contribution < -0.4 is 10.2 Å². The summed E-state index contributed by atoms with van der Waals surface area (Å²) in [5.41, 5.74) is 0.700. The lowest BCUT2D eigenvalue weighted by Gasteiger charge is -2.27. The van der Waals surface area contributed by atoms with Gasteiger partial charge >= 0.3 is 0 Å². The molecule has 1 aliphatic heterocycles. The van der Waals surface area contributed by atoms with E-state index in [-0.39, 0.29) is 5.91 Å². The quantitative estimate of drug-likeness (QED) is 0.757. The fourth-order valence-corrected chi connectivity index (χ4v) is 3.14. The van der Waals surface area contributed by atoms with E-state index < -0.39 is 0 Å². The van der Waals surface area contributed by atoms with Crippen molar-refractivity contribution in [3.05, 3.63) is 42.4 Å². The zero-order valence-corrected chi connectivity index (χ0v) is 14.5. The second-order valence-corrected chi connectivity index (χ2v) is 6.39. The highest BCUT2D eigenvalue weighted by Crippen LogP contribution is 2.18. The van der Waals surface area contributed by atoms with Gasteiger partial charge in [0.05, 0.1) is 0 Å². The first-order chi connectivity index (χ1) is 12.8. The Morgan fingerprint density at radius 2 is 1.96 bits per heavy atom. The molecular formula is C18H21N7O. The molecule has 3 aromatic rings. The van der Waals surface area contributed by atoms with Gasteiger partial charge in [0.1, 0.15) is 11.6 Å². The Hall–Kier alpha value is -3.03. The van der Waals surface area contributed by atoms with Gasteiger partial charge in [-0.15, -0.1) is 15.3 Å². The van der Waals surface area contributed by atoms with Crippen molar-refractivity contribution < 1.29 is 4.79 Å². The van der Waals surface area contributed by atoms with Gasteiger partial charge in [0.2, 0.25) is 5.91 Å². The first-order valence-corrected chi connectivity index (χ1v) is 8.97. The van der Waals surface area contributed by atoms with Gasteiger partial charge in [-0.2, -0.15) is 4.52 Å². The average Bonchev–Trinajstić information content (AvgIpc) is 3.10. The molecule has 1 fully saturated rings. The molecule has 0 bridgehead atoms. The SMILES string of the molecule is O=C(CCc1nnc2ccc(N3CCCCC3)nn12)Nc1ccccn1. The minimum atomic E-state index is -0.104. The zero-order valence-electron chi connectivity index (χ0n) is 14.5.